The van der Waals surface area contributed by atoms with Gasteiger partial charge in [-0.15, -0.1) is 0 Å². The van der Waals surface area contributed by atoms with E-state index in [9.17, 15) is 4.79 Å². The number of oxazole rings is 1. The Hall–Kier alpha value is -2.89. The third kappa shape index (κ3) is 2.44. The molecule has 1 N–H and O–H groups in total. The molecule has 0 aliphatic rings. The lowest BCUT2D eigenvalue weighted by Gasteiger charge is -2.09. The molecule has 6 heteroatoms. The van der Waals surface area contributed by atoms with Gasteiger partial charge in [0.25, 0.3) is 5.91 Å². The van der Waals surface area contributed by atoms with Gasteiger partial charge in [-0.25, -0.2) is 9.67 Å². The number of rotatable bonds is 4. The molecule has 2 heterocycles. The molecule has 0 bridgehead atoms. The molecule has 2 aromatic heterocycles. The molecule has 0 aliphatic carbocycles. The number of nitrogens with one attached hydrogen (secondary N) is 1. The molecule has 1 aromatic carbocycles. The van der Waals surface area contributed by atoms with Crippen molar-refractivity contribution in [3.63, 3.8) is 0 Å². The standard InChI is InChI=1S/C14H12N4O2/c19-14(13-9-15-10-20-13)16-8-11-4-1-2-5-12(11)18-7-3-6-17-18/h1-7,9-10H,8H2,(H,16,19). The summed E-state index contributed by atoms with van der Waals surface area (Å²) < 4.78 is 6.71. The van der Waals surface area contributed by atoms with Gasteiger partial charge in [0.2, 0.25) is 5.76 Å². The Labute approximate surface area is 115 Å². The van der Waals surface area contributed by atoms with E-state index in [1.807, 2.05) is 36.5 Å². The van der Waals surface area contributed by atoms with Gasteiger partial charge in [-0.3, -0.25) is 4.79 Å². The molecule has 0 radical (unpaired) electrons. The molecule has 0 atom stereocenters. The monoisotopic (exact) mass is 268 g/mol. The minimum atomic E-state index is -0.294. The summed E-state index contributed by atoms with van der Waals surface area (Å²) in [4.78, 5) is 15.5. The number of hydrogen-bond acceptors (Lipinski definition) is 4. The van der Waals surface area contributed by atoms with Crippen LogP contribution in [0.15, 0.2) is 59.7 Å². The Morgan fingerprint density at radius 2 is 2.20 bits per heavy atom. The molecule has 6 nitrogen and oxygen atoms in total. The fourth-order valence-electron chi connectivity index (χ4n) is 1.89. The first-order valence-corrected chi connectivity index (χ1v) is 6.09. The van der Waals surface area contributed by atoms with Gasteiger partial charge in [0.1, 0.15) is 0 Å². The molecule has 1 amide bonds. The predicted octanol–water partition coefficient (Wildman–Crippen LogP) is 1.79. The number of benzene rings is 1. The van der Waals surface area contributed by atoms with E-state index in [0.717, 1.165) is 11.3 Å². The Morgan fingerprint density at radius 1 is 1.30 bits per heavy atom. The highest BCUT2D eigenvalue weighted by Gasteiger charge is 2.10. The maximum atomic E-state index is 11.8. The second-order valence-electron chi connectivity index (χ2n) is 4.13. The number of aromatic nitrogens is 3. The highest BCUT2D eigenvalue weighted by Crippen LogP contribution is 2.13. The zero-order valence-corrected chi connectivity index (χ0v) is 10.6. The summed E-state index contributed by atoms with van der Waals surface area (Å²) in [5.41, 5.74) is 1.89. The molecule has 20 heavy (non-hydrogen) atoms. The van der Waals surface area contributed by atoms with Crippen molar-refractivity contribution in [2.45, 2.75) is 6.54 Å². The second-order valence-corrected chi connectivity index (χ2v) is 4.13. The Balaban J connectivity index is 1.77. The molecule has 100 valence electrons. The molecule has 0 unspecified atom stereocenters. The van der Waals surface area contributed by atoms with Crippen LogP contribution in [0.4, 0.5) is 0 Å². The van der Waals surface area contributed by atoms with E-state index < -0.39 is 0 Å². The van der Waals surface area contributed by atoms with Gasteiger partial charge in [0, 0.05) is 18.9 Å². The summed E-state index contributed by atoms with van der Waals surface area (Å²) in [7, 11) is 0. The Bertz CT molecular complexity index is 690. The van der Waals surface area contributed by atoms with E-state index in [2.05, 4.69) is 15.4 Å². The van der Waals surface area contributed by atoms with Crippen LogP contribution in [0.5, 0.6) is 0 Å². The molecule has 0 spiro atoms. The number of para-hydroxylation sites is 1. The first kappa shape index (κ1) is 12.2. The summed E-state index contributed by atoms with van der Waals surface area (Å²) in [6, 6.07) is 9.59. The average Bonchev–Trinajstić information content (AvgIpc) is 3.17. The van der Waals surface area contributed by atoms with Crippen LogP contribution in [-0.4, -0.2) is 20.7 Å². The van der Waals surface area contributed by atoms with Crippen molar-refractivity contribution in [3.8, 4) is 5.69 Å². The predicted molar refractivity (Wildman–Crippen MR) is 71.2 cm³/mol. The Morgan fingerprint density at radius 3 is 2.95 bits per heavy atom. The number of hydrogen-bond donors (Lipinski definition) is 1. The first-order chi connectivity index (χ1) is 9.84. The van der Waals surface area contributed by atoms with Gasteiger partial charge in [-0.05, 0) is 17.7 Å². The van der Waals surface area contributed by atoms with Crippen LogP contribution >= 0.6 is 0 Å². The van der Waals surface area contributed by atoms with E-state index >= 15 is 0 Å². The third-order valence-corrected chi connectivity index (χ3v) is 2.84. The highest BCUT2D eigenvalue weighted by molar-refractivity contribution is 5.90. The van der Waals surface area contributed by atoms with E-state index in [0.29, 0.717) is 6.54 Å². The van der Waals surface area contributed by atoms with Gasteiger partial charge >= 0.3 is 0 Å². The van der Waals surface area contributed by atoms with Crippen LogP contribution in [0, 0.1) is 0 Å². The molecule has 0 fully saturated rings. The van der Waals surface area contributed by atoms with Crippen LogP contribution in [0.2, 0.25) is 0 Å². The first-order valence-electron chi connectivity index (χ1n) is 6.09. The maximum absolute atomic E-state index is 11.8. The smallest absolute Gasteiger partial charge is 0.288 e. The van der Waals surface area contributed by atoms with Crippen LogP contribution in [-0.2, 0) is 6.54 Å². The van der Waals surface area contributed by atoms with E-state index in [1.54, 1.807) is 10.9 Å². The Kier molecular flexibility index (Phi) is 3.28. The zero-order valence-electron chi connectivity index (χ0n) is 10.6. The lowest BCUT2D eigenvalue weighted by atomic mass is 10.2. The minimum Gasteiger partial charge on any atom is -0.438 e. The van der Waals surface area contributed by atoms with Gasteiger partial charge < -0.3 is 9.73 Å². The second kappa shape index (κ2) is 5.40. The zero-order chi connectivity index (χ0) is 13.8. The van der Waals surface area contributed by atoms with Crippen molar-refractivity contribution < 1.29 is 9.21 Å². The third-order valence-electron chi connectivity index (χ3n) is 2.84. The fourth-order valence-corrected chi connectivity index (χ4v) is 1.89. The normalized spacial score (nSPS) is 10.4. The quantitative estimate of drug-likeness (QED) is 0.783. The van der Waals surface area contributed by atoms with Crippen LogP contribution in [0.25, 0.3) is 5.69 Å². The molecular formula is C14H12N4O2. The summed E-state index contributed by atoms with van der Waals surface area (Å²) in [6.07, 6.45) is 6.18. The molecule has 0 saturated carbocycles. The van der Waals surface area contributed by atoms with E-state index in [4.69, 9.17) is 4.42 Å². The largest absolute Gasteiger partial charge is 0.438 e. The van der Waals surface area contributed by atoms with Crippen molar-refractivity contribution in [1.29, 1.82) is 0 Å². The van der Waals surface area contributed by atoms with E-state index in [-0.39, 0.29) is 11.7 Å². The van der Waals surface area contributed by atoms with Crippen molar-refractivity contribution >= 4 is 5.91 Å². The number of carbonyl (C=O) groups excluding carboxylic acids is 1. The maximum Gasteiger partial charge on any atom is 0.288 e. The molecule has 0 saturated heterocycles. The van der Waals surface area contributed by atoms with Gasteiger partial charge in [0.05, 0.1) is 11.9 Å². The van der Waals surface area contributed by atoms with Crippen LogP contribution < -0.4 is 5.32 Å². The molecule has 0 aliphatic heterocycles. The van der Waals surface area contributed by atoms with Crippen LogP contribution in [0.1, 0.15) is 16.1 Å². The van der Waals surface area contributed by atoms with Crippen LogP contribution in [0.3, 0.4) is 0 Å². The van der Waals surface area contributed by atoms with Gasteiger partial charge in [-0.1, -0.05) is 18.2 Å². The van der Waals surface area contributed by atoms with E-state index in [1.165, 1.54) is 12.6 Å². The van der Waals surface area contributed by atoms with Crippen molar-refractivity contribution in [2.24, 2.45) is 0 Å². The highest BCUT2D eigenvalue weighted by atomic mass is 16.3. The van der Waals surface area contributed by atoms with Gasteiger partial charge in [0.15, 0.2) is 6.39 Å². The lowest BCUT2D eigenvalue weighted by molar-refractivity contribution is 0.0923. The summed E-state index contributed by atoms with van der Waals surface area (Å²) in [5.74, 6) is -0.0978. The molecular weight excluding hydrogens is 256 g/mol. The SMILES string of the molecule is O=C(NCc1ccccc1-n1cccn1)c1cnco1. The topological polar surface area (TPSA) is 73.0 Å². The number of amides is 1. The van der Waals surface area contributed by atoms with Gasteiger partial charge in [-0.2, -0.15) is 5.10 Å². The minimum absolute atomic E-state index is 0.196. The summed E-state index contributed by atoms with van der Waals surface area (Å²) in [5, 5.41) is 6.99. The molecule has 3 aromatic rings. The fraction of sp³-hybridized carbons (Fsp3) is 0.0714. The van der Waals surface area contributed by atoms with Crippen molar-refractivity contribution in [3.05, 3.63) is 66.6 Å². The molecule has 3 rings (SSSR count). The van der Waals surface area contributed by atoms with Crippen molar-refractivity contribution in [1.82, 2.24) is 20.1 Å². The van der Waals surface area contributed by atoms with Crippen molar-refractivity contribution in [2.75, 3.05) is 0 Å². The number of nitrogens with zero attached hydrogens (tertiary/aromatic N) is 3. The summed E-state index contributed by atoms with van der Waals surface area (Å²) in [6.45, 7) is 0.384. The summed E-state index contributed by atoms with van der Waals surface area (Å²) >= 11 is 0. The lowest BCUT2D eigenvalue weighted by Crippen LogP contribution is -2.23. The number of carbonyl (C=O) groups is 1. The average molecular weight is 268 g/mol.